The molecule has 4 aromatic carbocycles. The van der Waals surface area contributed by atoms with Crippen LogP contribution < -0.4 is 10.2 Å². The van der Waals surface area contributed by atoms with E-state index in [1.165, 1.54) is 28.1 Å². The summed E-state index contributed by atoms with van der Waals surface area (Å²) >= 11 is 1.49. The van der Waals surface area contributed by atoms with Crippen LogP contribution in [0.25, 0.3) is 10.8 Å². The van der Waals surface area contributed by atoms with E-state index < -0.39 is 0 Å². The van der Waals surface area contributed by atoms with Crippen molar-refractivity contribution >= 4 is 34.7 Å². The third-order valence-electron chi connectivity index (χ3n) is 4.95. The summed E-state index contributed by atoms with van der Waals surface area (Å²) in [5.74, 6) is 0.969. The minimum absolute atomic E-state index is 0.137. The molecule has 0 unspecified atom stereocenters. The number of hydrazone groups is 1. The second-order valence-corrected chi connectivity index (χ2v) is 8.44. The topological polar surface area (TPSA) is 50.7 Å². The van der Waals surface area contributed by atoms with Crippen molar-refractivity contribution in [3.05, 3.63) is 108 Å². The summed E-state index contributed by atoms with van der Waals surface area (Å²) in [4.78, 5) is 13.0. The number of aryl methyl sites for hydroxylation is 1. The number of carbonyl (C=O) groups is 1. The van der Waals surface area contributed by atoms with Gasteiger partial charge < -0.3 is 4.74 Å². The molecule has 160 valence electrons. The maximum Gasteiger partial charge on any atom is 0.250 e. The monoisotopic (exact) mass is 440 g/mol. The van der Waals surface area contributed by atoms with E-state index in [1.807, 2.05) is 73.7 Å². The fourth-order valence-electron chi connectivity index (χ4n) is 3.22. The van der Waals surface area contributed by atoms with Gasteiger partial charge in [-0.3, -0.25) is 4.79 Å². The molecule has 1 N–H and O–H groups in total. The van der Waals surface area contributed by atoms with Gasteiger partial charge in [0.1, 0.15) is 12.4 Å². The molecule has 0 aromatic heterocycles. The molecule has 0 atom stereocenters. The normalized spacial score (nSPS) is 11.0. The third-order valence-corrected chi connectivity index (χ3v) is 5.96. The molecule has 0 fully saturated rings. The van der Waals surface area contributed by atoms with Crippen molar-refractivity contribution in [1.29, 1.82) is 0 Å². The van der Waals surface area contributed by atoms with Crippen molar-refractivity contribution in [2.45, 2.75) is 18.4 Å². The van der Waals surface area contributed by atoms with Gasteiger partial charge in [-0.15, -0.1) is 11.8 Å². The van der Waals surface area contributed by atoms with Crippen LogP contribution in [0.1, 0.15) is 16.7 Å². The molecule has 0 aliphatic carbocycles. The maximum atomic E-state index is 12.0. The standard InChI is InChI=1S/C27H24N2O2S/c1-20-9-15-25(16-10-20)32-19-27(30)29-28-17-21-11-13-24(14-12-21)31-18-23-7-4-6-22-5-2-3-8-26(22)23/h2-17H,18-19H2,1H3,(H,29,30)/b28-17-. The van der Waals surface area contributed by atoms with E-state index in [0.717, 1.165) is 21.8 Å². The van der Waals surface area contributed by atoms with Gasteiger partial charge in [-0.1, -0.05) is 60.2 Å². The second-order valence-electron chi connectivity index (χ2n) is 7.39. The van der Waals surface area contributed by atoms with E-state index in [4.69, 9.17) is 4.74 Å². The SMILES string of the molecule is Cc1ccc(SCC(=O)N/N=C\c2ccc(OCc3cccc4ccccc34)cc2)cc1. The summed E-state index contributed by atoms with van der Waals surface area (Å²) in [6, 6.07) is 30.3. The van der Waals surface area contributed by atoms with Gasteiger partial charge >= 0.3 is 0 Å². The molecule has 4 aromatic rings. The summed E-state index contributed by atoms with van der Waals surface area (Å²) in [7, 11) is 0. The zero-order valence-electron chi connectivity index (χ0n) is 17.8. The molecular weight excluding hydrogens is 416 g/mol. The van der Waals surface area contributed by atoms with Gasteiger partial charge in [0.2, 0.25) is 5.91 Å². The number of benzene rings is 4. The van der Waals surface area contributed by atoms with E-state index in [2.05, 4.69) is 34.8 Å². The highest BCUT2D eigenvalue weighted by molar-refractivity contribution is 8.00. The van der Waals surface area contributed by atoms with Crippen molar-refractivity contribution in [3.63, 3.8) is 0 Å². The molecule has 1 amide bonds. The van der Waals surface area contributed by atoms with Crippen LogP contribution in [-0.2, 0) is 11.4 Å². The largest absolute Gasteiger partial charge is 0.489 e. The molecule has 32 heavy (non-hydrogen) atoms. The number of carbonyl (C=O) groups excluding carboxylic acids is 1. The van der Waals surface area contributed by atoms with E-state index in [0.29, 0.717) is 12.4 Å². The lowest BCUT2D eigenvalue weighted by atomic mass is 10.1. The van der Waals surface area contributed by atoms with Crippen molar-refractivity contribution in [3.8, 4) is 5.75 Å². The Kier molecular flexibility index (Phi) is 7.20. The van der Waals surface area contributed by atoms with E-state index in [-0.39, 0.29) is 5.91 Å². The number of fused-ring (bicyclic) bond motifs is 1. The van der Waals surface area contributed by atoms with Crippen LogP contribution >= 0.6 is 11.8 Å². The zero-order chi connectivity index (χ0) is 22.2. The number of nitrogens with zero attached hydrogens (tertiary/aromatic N) is 1. The first-order valence-electron chi connectivity index (χ1n) is 10.4. The number of hydrogen-bond acceptors (Lipinski definition) is 4. The van der Waals surface area contributed by atoms with Crippen molar-refractivity contribution in [2.75, 3.05) is 5.75 Å². The van der Waals surface area contributed by atoms with Gasteiger partial charge in [0.25, 0.3) is 0 Å². The lowest BCUT2D eigenvalue weighted by Gasteiger charge is -2.09. The molecule has 0 saturated heterocycles. The summed E-state index contributed by atoms with van der Waals surface area (Å²) < 4.78 is 5.96. The van der Waals surface area contributed by atoms with Gasteiger partial charge in [0, 0.05) is 4.90 Å². The first-order valence-corrected chi connectivity index (χ1v) is 11.4. The molecule has 0 aliphatic rings. The van der Waals surface area contributed by atoms with Gasteiger partial charge in [-0.25, -0.2) is 5.43 Å². The molecule has 0 radical (unpaired) electrons. The highest BCUT2D eigenvalue weighted by Crippen LogP contribution is 2.21. The Bertz CT molecular complexity index is 1210. The van der Waals surface area contributed by atoms with Crippen LogP contribution in [0.4, 0.5) is 0 Å². The summed E-state index contributed by atoms with van der Waals surface area (Å²) in [6.07, 6.45) is 1.63. The first-order chi connectivity index (χ1) is 15.7. The molecule has 0 heterocycles. The lowest BCUT2D eigenvalue weighted by molar-refractivity contribution is -0.118. The van der Waals surface area contributed by atoms with E-state index >= 15 is 0 Å². The van der Waals surface area contributed by atoms with Crippen molar-refractivity contribution in [1.82, 2.24) is 5.43 Å². The molecule has 0 aliphatic heterocycles. The number of ether oxygens (including phenoxy) is 1. The van der Waals surface area contributed by atoms with Crippen LogP contribution in [0.15, 0.2) is 101 Å². The fraction of sp³-hybridized carbons (Fsp3) is 0.111. The first kappa shape index (κ1) is 21.7. The molecule has 0 bridgehead atoms. The number of hydrogen-bond donors (Lipinski definition) is 1. The van der Waals surface area contributed by atoms with Gasteiger partial charge in [-0.05, 0) is 65.2 Å². The Morgan fingerprint density at radius 1 is 0.938 bits per heavy atom. The molecule has 0 saturated carbocycles. The maximum absolute atomic E-state index is 12.0. The Labute approximate surface area is 192 Å². The Balaban J connectivity index is 1.25. The fourth-order valence-corrected chi connectivity index (χ4v) is 3.91. The van der Waals surface area contributed by atoms with Gasteiger partial charge in [0.15, 0.2) is 0 Å². The summed E-state index contributed by atoms with van der Waals surface area (Å²) in [6.45, 7) is 2.54. The number of thioether (sulfide) groups is 1. The quantitative estimate of drug-likeness (QED) is 0.209. The highest BCUT2D eigenvalue weighted by Gasteiger charge is 2.03. The third kappa shape index (κ3) is 5.99. The zero-order valence-corrected chi connectivity index (χ0v) is 18.6. The Morgan fingerprint density at radius 3 is 2.50 bits per heavy atom. The van der Waals surface area contributed by atoms with Crippen molar-refractivity contribution < 1.29 is 9.53 Å². The highest BCUT2D eigenvalue weighted by atomic mass is 32.2. The number of rotatable bonds is 8. The minimum atomic E-state index is -0.137. The van der Waals surface area contributed by atoms with Crippen LogP contribution in [0.3, 0.4) is 0 Å². The van der Waals surface area contributed by atoms with Crippen LogP contribution in [0, 0.1) is 6.92 Å². The Hall–Kier alpha value is -3.57. The lowest BCUT2D eigenvalue weighted by Crippen LogP contribution is -2.19. The number of nitrogens with one attached hydrogen (secondary N) is 1. The van der Waals surface area contributed by atoms with E-state index in [1.54, 1.807) is 6.21 Å². The number of amides is 1. The average molecular weight is 441 g/mol. The summed E-state index contributed by atoms with van der Waals surface area (Å²) in [5.41, 5.74) is 5.81. The predicted molar refractivity (Wildman–Crippen MR) is 132 cm³/mol. The van der Waals surface area contributed by atoms with Gasteiger partial charge in [0.05, 0.1) is 12.0 Å². The molecular formula is C27H24N2O2S. The predicted octanol–water partition coefficient (Wildman–Crippen LogP) is 5.97. The molecule has 4 nitrogen and oxygen atoms in total. The summed E-state index contributed by atoms with van der Waals surface area (Å²) in [5, 5.41) is 6.46. The van der Waals surface area contributed by atoms with Crippen LogP contribution in [0.2, 0.25) is 0 Å². The second kappa shape index (κ2) is 10.6. The van der Waals surface area contributed by atoms with E-state index in [9.17, 15) is 4.79 Å². The molecule has 5 heteroatoms. The average Bonchev–Trinajstić information content (AvgIpc) is 2.83. The Morgan fingerprint density at radius 2 is 1.69 bits per heavy atom. The minimum Gasteiger partial charge on any atom is -0.489 e. The molecule has 4 rings (SSSR count). The van der Waals surface area contributed by atoms with Gasteiger partial charge in [-0.2, -0.15) is 5.10 Å². The van der Waals surface area contributed by atoms with Crippen LogP contribution in [-0.4, -0.2) is 17.9 Å². The van der Waals surface area contributed by atoms with Crippen molar-refractivity contribution in [2.24, 2.45) is 5.10 Å². The molecule has 0 spiro atoms. The van der Waals surface area contributed by atoms with Crippen LogP contribution in [0.5, 0.6) is 5.75 Å². The smallest absolute Gasteiger partial charge is 0.250 e.